The summed E-state index contributed by atoms with van der Waals surface area (Å²) in [5, 5.41) is 13.0. The topological polar surface area (TPSA) is 73.8 Å². The van der Waals surface area contributed by atoms with Gasteiger partial charge in [-0.05, 0) is 32.9 Å². The molecule has 0 radical (unpaired) electrons. The molecule has 3 heterocycles. The van der Waals surface area contributed by atoms with E-state index in [-0.39, 0.29) is 5.91 Å². The Hall–Kier alpha value is -2.90. The van der Waals surface area contributed by atoms with Crippen molar-refractivity contribution in [3.8, 4) is 0 Å². The van der Waals surface area contributed by atoms with E-state index in [1.165, 1.54) is 0 Å². The van der Waals surface area contributed by atoms with E-state index in [0.717, 1.165) is 23.5 Å². The SMILES string of the molecule is CCn1cc(CN(C)C(=O)c2ccn(Cn3nc(C)cc3C)n2)cn1. The summed E-state index contributed by atoms with van der Waals surface area (Å²) in [7, 11) is 1.77. The van der Waals surface area contributed by atoms with Gasteiger partial charge in [-0.1, -0.05) is 0 Å². The van der Waals surface area contributed by atoms with E-state index in [2.05, 4.69) is 15.3 Å². The predicted molar refractivity (Wildman–Crippen MR) is 93.0 cm³/mol. The van der Waals surface area contributed by atoms with Gasteiger partial charge in [0.2, 0.25) is 0 Å². The third-order valence-electron chi connectivity index (χ3n) is 4.02. The monoisotopic (exact) mass is 341 g/mol. The van der Waals surface area contributed by atoms with Crippen molar-refractivity contribution in [2.75, 3.05) is 7.05 Å². The van der Waals surface area contributed by atoms with Crippen molar-refractivity contribution >= 4 is 5.91 Å². The van der Waals surface area contributed by atoms with E-state index in [1.807, 2.05) is 42.4 Å². The molecule has 0 aliphatic carbocycles. The number of hydrogen-bond acceptors (Lipinski definition) is 4. The highest BCUT2D eigenvalue weighted by atomic mass is 16.2. The molecule has 0 N–H and O–H groups in total. The second-order valence-corrected chi connectivity index (χ2v) is 6.17. The van der Waals surface area contributed by atoms with Gasteiger partial charge in [-0.2, -0.15) is 15.3 Å². The number of amides is 1. The maximum atomic E-state index is 12.6. The van der Waals surface area contributed by atoms with Crippen LogP contribution in [0.4, 0.5) is 0 Å². The van der Waals surface area contributed by atoms with E-state index in [0.29, 0.717) is 18.9 Å². The molecular weight excluding hydrogens is 318 g/mol. The molecule has 8 heteroatoms. The zero-order chi connectivity index (χ0) is 18.0. The van der Waals surface area contributed by atoms with Gasteiger partial charge < -0.3 is 4.90 Å². The third-order valence-corrected chi connectivity index (χ3v) is 4.02. The first-order valence-electron chi connectivity index (χ1n) is 8.27. The number of rotatable bonds is 6. The molecule has 3 rings (SSSR count). The largest absolute Gasteiger partial charge is 0.336 e. The highest BCUT2D eigenvalue weighted by Crippen LogP contribution is 2.08. The number of carbonyl (C=O) groups is 1. The summed E-state index contributed by atoms with van der Waals surface area (Å²) in [5.41, 5.74) is 3.45. The predicted octanol–water partition coefficient (Wildman–Crippen LogP) is 1.69. The lowest BCUT2D eigenvalue weighted by atomic mass is 10.3. The minimum absolute atomic E-state index is 0.114. The molecule has 0 aromatic carbocycles. The van der Waals surface area contributed by atoms with Crippen LogP contribution in [-0.2, 0) is 19.8 Å². The van der Waals surface area contributed by atoms with Gasteiger partial charge in [0.05, 0.1) is 11.9 Å². The minimum Gasteiger partial charge on any atom is -0.336 e. The normalized spacial score (nSPS) is 11.0. The van der Waals surface area contributed by atoms with Crippen LogP contribution in [0.5, 0.6) is 0 Å². The van der Waals surface area contributed by atoms with E-state index in [4.69, 9.17) is 0 Å². The summed E-state index contributed by atoms with van der Waals surface area (Å²) in [6, 6.07) is 3.75. The Labute approximate surface area is 146 Å². The molecule has 0 atom stereocenters. The van der Waals surface area contributed by atoms with Gasteiger partial charge in [0, 0.05) is 43.8 Å². The van der Waals surface area contributed by atoms with Gasteiger partial charge in [-0.25, -0.2) is 4.68 Å². The first-order valence-corrected chi connectivity index (χ1v) is 8.27. The fraction of sp³-hybridized carbons (Fsp3) is 0.412. The van der Waals surface area contributed by atoms with Crippen LogP contribution in [0.25, 0.3) is 0 Å². The Bertz CT molecular complexity index is 873. The highest BCUT2D eigenvalue weighted by molar-refractivity contribution is 5.91. The van der Waals surface area contributed by atoms with Crippen molar-refractivity contribution in [3.63, 3.8) is 0 Å². The Balaban J connectivity index is 1.66. The van der Waals surface area contributed by atoms with Crippen molar-refractivity contribution < 1.29 is 4.79 Å². The molecule has 25 heavy (non-hydrogen) atoms. The van der Waals surface area contributed by atoms with Gasteiger partial charge in [0.1, 0.15) is 12.4 Å². The van der Waals surface area contributed by atoms with E-state index in [9.17, 15) is 4.79 Å². The molecule has 0 fully saturated rings. The standard InChI is InChI=1S/C17H23N7O/c1-5-22-11-15(9-18-22)10-21(4)17(25)16-6-7-23(20-16)12-24-14(3)8-13(2)19-24/h6-9,11H,5,10,12H2,1-4H3. The maximum absolute atomic E-state index is 12.6. The molecule has 1 amide bonds. The molecule has 0 saturated carbocycles. The van der Waals surface area contributed by atoms with Crippen LogP contribution in [0.2, 0.25) is 0 Å². The number of nitrogens with zero attached hydrogens (tertiary/aromatic N) is 7. The van der Waals surface area contributed by atoms with E-state index < -0.39 is 0 Å². The molecule has 8 nitrogen and oxygen atoms in total. The Kier molecular flexibility index (Phi) is 4.69. The minimum atomic E-state index is -0.114. The average molecular weight is 341 g/mol. The Morgan fingerprint density at radius 3 is 2.68 bits per heavy atom. The lowest BCUT2D eigenvalue weighted by molar-refractivity contribution is 0.0778. The zero-order valence-corrected chi connectivity index (χ0v) is 15.0. The molecule has 3 aromatic rings. The third kappa shape index (κ3) is 3.78. The first-order chi connectivity index (χ1) is 12.0. The van der Waals surface area contributed by atoms with Crippen LogP contribution >= 0.6 is 0 Å². The fourth-order valence-corrected chi connectivity index (χ4v) is 2.71. The number of aryl methyl sites for hydroxylation is 3. The van der Waals surface area contributed by atoms with Crippen molar-refractivity contribution in [1.82, 2.24) is 34.2 Å². The van der Waals surface area contributed by atoms with Gasteiger partial charge in [0.15, 0.2) is 0 Å². The van der Waals surface area contributed by atoms with Gasteiger partial charge in [-0.15, -0.1) is 0 Å². The molecule has 3 aromatic heterocycles. The van der Waals surface area contributed by atoms with Crippen LogP contribution in [0.3, 0.4) is 0 Å². The first kappa shape index (κ1) is 16.9. The van der Waals surface area contributed by atoms with Crippen LogP contribution in [0, 0.1) is 13.8 Å². The number of hydrogen-bond donors (Lipinski definition) is 0. The molecule has 0 unspecified atom stereocenters. The zero-order valence-electron chi connectivity index (χ0n) is 15.0. The number of aromatic nitrogens is 6. The van der Waals surface area contributed by atoms with Crippen molar-refractivity contribution in [1.29, 1.82) is 0 Å². The summed E-state index contributed by atoms with van der Waals surface area (Å²) < 4.78 is 5.42. The van der Waals surface area contributed by atoms with Crippen LogP contribution in [-0.4, -0.2) is 47.2 Å². The van der Waals surface area contributed by atoms with E-state index >= 15 is 0 Å². The highest BCUT2D eigenvalue weighted by Gasteiger charge is 2.16. The van der Waals surface area contributed by atoms with Gasteiger partial charge >= 0.3 is 0 Å². The number of carbonyl (C=O) groups excluding carboxylic acids is 1. The molecule has 132 valence electrons. The van der Waals surface area contributed by atoms with Crippen molar-refractivity contribution in [2.45, 2.75) is 40.5 Å². The molecular formula is C17H23N7O. The molecule has 0 saturated heterocycles. The molecule has 0 bridgehead atoms. The van der Waals surface area contributed by atoms with Crippen LogP contribution in [0.1, 0.15) is 34.4 Å². The smallest absolute Gasteiger partial charge is 0.274 e. The van der Waals surface area contributed by atoms with E-state index in [1.54, 1.807) is 35.1 Å². The molecule has 0 spiro atoms. The lowest BCUT2D eigenvalue weighted by Gasteiger charge is -2.14. The molecule has 0 aliphatic heterocycles. The van der Waals surface area contributed by atoms with Gasteiger partial charge in [-0.3, -0.25) is 14.2 Å². The second kappa shape index (κ2) is 6.92. The Morgan fingerprint density at radius 1 is 1.24 bits per heavy atom. The average Bonchev–Trinajstić information content (AvgIpc) is 3.28. The second-order valence-electron chi connectivity index (χ2n) is 6.17. The van der Waals surface area contributed by atoms with Crippen LogP contribution < -0.4 is 0 Å². The Morgan fingerprint density at radius 2 is 2.04 bits per heavy atom. The van der Waals surface area contributed by atoms with Crippen molar-refractivity contribution in [3.05, 3.63) is 53.4 Å². The summed E-state index contributed by atoms with van der Waals surface area (Å²) in [6.45, 7) is 7.79. The lowest BCUT2D eigenvalue weighted by Crippen LogP contribution is -2.26. The summed E-state index contributed by atoms with van der Waals surface area (Å²) in [5.74, 6) is -0.114. The van der Waals surface area contributed by atoms with Crippen molar-refractivity contribution in [2.24, 2.45) is 0 Å². The quantitative estimate of drug-likeness (QED) is 0.684. The summed E-state index contributed by atoms with van der Waals surface area (Å²) >= 11 is 0. The summed E-state index contributed by atoms with van der Waals surface area (Å²) in [6.07, 6.45) is 5.53. The fourth-order valence-electron chi connectivity index (χ4n) is 2.71. The van der Waals surface area contributed by atoms with Crippen LogP contribution in [0.15, 0.2) is 30.7 Å². The van der Waals surface area contributed by atoms with Gasteiger partial charge in [0.25, 0.3) is 5.91 Å². The molecule has 0 aliphatic rings. The summed E-state index contributed by atoms with van der Waals surface area (Å²) in [4.78, 5) is 14.2. The maximum Gasteiger partial charge on any atom is 0.274 e.